The van der Waals surface area contributed by atoms with E-state index in [0.717, 1.165) is 0 Å². The van der Waals surface area contributed by atoms with Gasteiger partial charge in [-0.25, -0.2) is 0 Å². The van der Waals surface area contributed by atoms with Gasteiger partial charge in [0.1, 0.15) is 11.5 Å². The van der Waals surface area contributed by atoms with Gasteiger partial charge in [0.15, 0.2) is 0 Å². The zero-order chi connectivity index (χ0) is 16.7. The van der Waals surface area contributed by atoms with Crippen LogP contribution < -0.4 is 15.2 Å². The molecule has 1 atom stereocenters. The zero-order valence-electron chi connectivity index (χ0n) is 13.4. The second kappa shape index (κ2) is 8.71. The number of hydrogen-bond donors (Lipinski definition) is 2. The van der Waals surface area contributed by atoms with Gasteiger partial charge in [-0.2, -0.15) is 0 Å². The quantitative estimate of drug-likeness (QED) is 0.699. The fraction of sp³-hybridized carbons (Fsp3) is 0.562. The van der Waals surface area contributed by atoms with Crippen molar-refractivity contribution in [2.75, 3.05) is 46.6 Å². The summed E-state index contributed by atoms with van der Waals surface area (Å²) in [5.41, 5.74) is 5.89. The minimum atomic E-state index is -0.348. The number of aliphatic hydroxyl groups excluding tert-OH is 1. The fourth-order valence-electron chi connectivity index (χ4n) is 2.42. The number of carbonyl (C=O) groups excluding carboxylic acids is 1. The Kier molecular flexibility index (Phi) is 6.64. The Morgan fingerprint density at radius 1 is 1.52 bits per heavy atom. The number of nitrogens with two attached hydrogens (primary N) is 1. The second-order valence-corrected chi connectivity index (χ2v) is 5.26. The van der Waals surface area contributed by atoms with Crippen molar-refractivity contribution in [3.8, 4) is 11.5 Å². The van der Waals surface area contributed by atoms with E-state index in [1.54, 1.807) is 30.2 Å². The van der Waals surface area contributed by atoms with Crippen LogP contribution in [0.5, 0.6) is 11.5 Å². The Morgan fingerprint density at radius 3 is 3.04 bits per heavy atom. The molecule has 128 valence electrons. The minimum absolute atomic E-state index is 0.140. The summed E-state index contributed by atoms with van der Waals surface area (Å²) < 4.78 is 16.2. The number of morpholine rings is 1. The molecule has 1 aliphatic rings. The molecule has 0 unspecified atom stereocenters. The Hall–Kier alpha value is -1.83. The van der Waals surface area contributed by atoms with Gasteiger partial charge in [0.25, 0.3) is 5.91 Å². The van der Waals surface area contributed by atoms with Crippen LogP contribution in [0.25, 0.3) is 0 Å². The Balaban J connectivity index is 2.24. The number of methoxy groups -OCH3 is 1. The molecule has 1 aliphatic heterocycles. The SMILES string of the molecule is COc1ccc(OCCCN)c(C(=O)N2CCOC[C@H]2CO)c1. The molecule has 0 saturated carbocycles. The van der Waals surface area contributed by atoms with E-state index in [4.69, 9.17) is 19.9 Å². The third kappa shape index (κ3) is 4.34. The molecular formula is C16H24N2O5. The lowest BCUT2D eigenvalue weighted by atomic mass is 10.1. The molecule has 0 radical (unpaired) electrons. The number of amides is 1. The maximum Gasteiger partial charge on any atom is 0.258 e. The summed E-state index contributed by atoms with van der Waals surface area (Å²) in [7, 11) is 1.55. The van der Waals surface area contributed by atoms with Crippen LogP contribution in [0.2, 0.25) is 0 Å². The van der Waals surface area contributed by atoms with Gasteiger partial charge in [0.05, 0.1) is 45.1 Å². The normalized spacial score (nSPS) is 17.9. The average Bonchev–Trinajstić information content (AvgIpc) is 2.61. The molecular weight excluding hydrogens is 300 g/mol. The van der Waals surface area contributed by atoms with E-state index < -0.39 is 0 Å². The summed E-state index contributed by atoms with van der Waals surface area (Å²) in [6, 6.07) is 4.78. The van der Waals surface area contributed by atoms with E-state index in [2.05, 4.69) is 0 Å². The molecule has 1 heterocycles. The number of hydrogen-bond acceptors (Lipinski definition) is 6. The van der Waals surface area contributed by atoms with Crippen LogP contribution in [0.4, 0.5) is 0 Å². The van der Waals surface area contributed by atoms with Gasteiger partial charge in [-0.1, -0.05) is 0 Å². The molecule has 0 aromatic heterocycles. The van der Waals surface area contributed by atoms with Crippen LogP contribution in [0, 0.1) is 0 Å². The fourth-order valence-corrected chi connectivity index (χ4v) is 2.42. The van der Waals surface area contributed by atoms with Crippen LogP contribution >= 0.6 is 0 Å². The van der Waals surface area contributed by atoms with Gasteiger partial charge in [-0.05, 0) is 31.2 Å². The van der Waals surface area contributed by atoms with E-state index in [-0.39, 0.29) is 18.6 Å². The molecule has 1 aromatic carbocycles. The number of carbonyl (C=O) groups is 1. The maximum absolute atomic E-state index is 12.9. The van der Waals surface area contributed by atoms with E-state index in [0.29, 0.717) is 56.4 Å². The molecule has 7 nitrogen and oxygen atoms in total. The van der Waals surface area contributed by atoms with Gasteiger partial charge in [-0.3, -0.25) is 4.79 Å². The molecule has 1 saturated heterocycles. The molecule has 1 aromatic rings. The standard InChI is InChI=1S/C16H24N2O5/c1-21-13-3-4-15(23-7-2-5-17)14(9-13)16(20)18-6-8-22-11-12(18)10-19/h3-4,9,12,19H,2,5-8,10-11,17H2,1H3/t12-/m1/s1. The summed E-state index contributed by atoms with van der Waals surface area (Å²) in [6.07, 6.45) is 0.705. The van der Waals surface area contributed by atoms with Crippen LogP contribution in [0.3, 0.4) is 0 Å². The average molecular weight is 324 g/mol. The summed E-state index contributed by atoms with van der Waals surface area (Å²) in [4.78, 5) is 14.5. The van der Waals surface area contributed by atoms with Gasteiger partial charge in [-0.15, -0.1) is 0 Å². The molecule has 0 spiro atoms. The number of ether oxygens (including phenoxy) is 3. The predicted molar refractivity (Wildman–Crippen MR) is 84.9 cm³/mol. The lowest BCUT2D eigenvalue weighted by Gasteiger charge is -2.34. The van der Waals surface area contributed by atoms with Crippen molar-refractivity contribution < 1.29 is 24.1 Å². The molecule has 0 aliphatic carbocycles. The predicted octanol–water partition coefficient (Wildman–Crippen LogP) is 0.256. The van der Waals surface area contributed by atoms with Crippen molar-refractivity contribution >= 4 is 5.91 Å². The maximum atomic E-state index is 12.9. The van der Waals surface area contributed by atoms with E-state index >= 15 is 0 Å². The van der Waals surface area contributed by atoms with Crippen molar-refractivity contribution in [1.82, 2.24) is 4.90 Å². The Bertz CT molecular complexity index is 523. The molecule has 1 fully saturated rings. The largest absolute Gasteiger partial charge is 0.497 e. The highest BCUT2D eigenvalue weighted by Crippen LogP contribution is 2.27. The highest BCUT2D eigenvalue weighted by atomic mass is 16.5. The van der Waals surface area contributed by atoms with Crippen LogP contribution in [-0.2, 0) is 4.74 Å². The summed E-state index contributed by atoms with van der Waals surface area (Å²) in [5, 5.41) is 9.46. The first-order valence-corrected chi connectivity index (χ1v) is 7.71. The zero-order valence-corrected chi connectivity index (χ0v) is 13.4. The van der Waals surface area contributed by atoms with Crippen molar-refractivity contribution in [3.63, 3.8) is 0 Å². The number of aliphatic hydroxyl groups is 1. The lowest BCUT2D eigenvalue weighted by Crippen LogP contribution is -2.50. The van der Waals surface area contributed by atoms with Gasteiger partial charge >= 0.3 is 0 Å². The molecule has 1 amide bonds. The Morgan fingerprint density at radius 2 is 2.35 bits per heavy atom. The van der Waals surface area contributed by atoms with E-state index in [1.165, 1.54) is 0 Å². The molecule has 0 bridgehead atoms. The first kappa shape index (κ1) is 17.5. The lowest BCUT2D eigenvalue weighted by molar-refractivity contribution is -0.0185. The molecule has 3 N–H and O–H groups in total. The first-order valence-electron chi connectivity index (χ1n) is 7.71. The van der Waals surface area contributed by atoms with Gasteiger partial charge in [0.2, 0.25) is 0 Å². The third-order valence-electron chi connectivity index (χ3n) is 3.72. The summed E-state index contributed by atoms with van der Waals surface area (Å²) >= 11 is 0. The molecule has 23 heavy (non-hydrogen) atoms. The van der Waals surface area contributed by atoms with Crippen molar-refractivity contribution in [1.29, 1.82) is 0 Å². The van der Waals surface area contributed by atoms with Crippen molar-refractivity contribution in [2.45, 2.75) is 12.5 Å². The van der Waals surface area contributed by atoms with Gasteiger partial charge < -0.3 is 30.0 Å². The minimum Gasteiger partial charge on any atom is -0.497 e. The monoisotopic (exact) mass is 324 g/mol. The Labute approximate surface area is 135 Å². The smallest absolute Gasteiger partial charge is 0.258 e. The first-order chi connectivity index (χ1) is 11.2. The second-order valence-electron chi connectivity index (χ2n) is 5.26. The highest BCUT2D eigenvalue weighted by Gasteiger charge is 2.29. The van der Waals surface area contributed by atoms with Crippen molar-refractivity contribution in [2.24, 2.45) is 5.73 Å². The van der Waals surface area contributed by atoms with E-state index in [9.17, 15) is 9.90 Å². The topological polar surface area (TPSA) is 94.3 Å². The highest BCUT2D eigenvalue weighted by molar-refractivity contribution is 5.97. The number of nitrogens with zero attached hydrogens (tertiary/aromatic N) is 1. The summed E-state index contributed by atoms with van der Waals surface area (Å²) in [5.74, 6) is 0.870. The van der Waals surface area contributed by atoms with Gasteiger partial charge in [0, 0.05) is 6.54 Å². The number of rotatable bonds is 7. The number of benzene rings is 1. The van der Waals surface area contributed by atoms with Crippen molar-refractivity contribution in [3.05, 3.63) is 23.8 Å². The molecule has 2 rings (SSSR count). The van der Waals surface area contributed by atoms with Crippen LogP contribution in [0.1, 0.15) is 16.8 Å². The molecule has 7 heteroatoms. The van der Waals surface area contributed by atoms with Crippen LogP contribution in [0.15, 0.2) is 18.2 Å². The van der Waals surface area contributed by atoms with E-state index in [1.807, 2.05) is 0 Å². The summed E-state index contributed by atoms with van der Waals surface area (Å²) in [6.45, 7) is 2.04. The third-order valence-corrected chi connectivity index (χ3v) is 3.72. The van der Waals surface area contributed by atoms with Crippen LogP contribution in [-0.4, -0.2) is 68.6 Å².